The number of amides is 2. The van der Waals surface area contributed by atoms with Crippen molar-refractivity contribution in [3.05, 3.63) is 57.2 Å². The van der Waals surface area contributed by atoms with E-state index < -0.39 is 6.09 Å². The van der Waals surface area contributed by atoms with E-state index in [-0.39, 0.29) is 12.5 Å². The van der Waals surface area contributed by atoms with Gasteiger partial charge in [0.25, 0.3) is 5.91 Å². The van der Waals surface area contributed by atoms with Gasteiger partial charge in [-0.3, -0.25) is 10.1 Å². The van der Waals surface area contributed by atoms with Gasteiger partial charge in [0, 0.05) is 22.1 Å². The summed E-state index contributed by atoms with van der Waals surface area (Å²) < 4.78 is 10.7. The fraction of sp³-hybridized carbons (Fsp3) is 0.222. The molecule has 2 aromatic carbocycles. The average molecular weight is 454 g/mol. The summed E-state index contributed by atoms with van der Waals surface area (Å²) in [6, 6.07) is 12.4. The van der Waals surface area contributed by atoms with Crippen molar-refractivity contribution in [3.63, 3.8) is 0 Å². The first-order chi connectivity index (χ1) is 12.0. The Morgan fingerprint density at radius 1 is 1.04 bits per heavy atom. The molecule has 0 atom stereocenters. The first kappa shape index (κ1) is 19.2. The second kappa shape index (κ2) is 9.38. The Bertz CT molecular complexity index is 764. The van der Waals surface area contributed by atoms with Crippen LogP contribution in [-0.4, -0.2) is 32.3 Å². The predicted octanol–water partition coefficient (Wildman–Crippen LogP) is 4.05. The zero-order valence-electron chi connectivity index (χ0n) is 14.0. The maximum atomic E-state index is 12.5. The molecule has 0 aromatic heterocycles. The molecule has 0 spiro atoms. The summed E-state index contributed by atoms with van der Waals surface area (Å²) in [5.74, 6) is -0.201. The van der Waals surface area contributed by atoms with Gasteiger partial charge < -0.3 is 14.8 Å². The van der Waals surface area contributed by atoms with Crippen LogP contribution in [0.3, 0.4) is 0 Å². The lowest BCUT2D eigenvalue weighted by molar-refractivity contribution is 0.102. The van der Waals surface area contributed by atoms with Crippen molar-refractivity contribution in [1.82, 2.24) is 0 Å². The second-order valence-electron chi connectivity index (χ2n) is 5.23. The molecule has 0 aliphatic carbocycles. The van der Waals surface area contributed by atoms with Gasteiger partial charge in [0.15, 0.2) is 0 Å². The van der Waals surface area contributed by atoms with Crippen molar-refractivity contribution in [2.45, 2.75) is 6.92 Å². The quantitative estimate of drug-likeness (QED) is 0.510. The number of halogens is 1. The van der Waals surface area contributed by atoms with Crippen LogP contribution in [-0.2, 0) is 9.47 Å². The number of hydrogen-bond donors (Lipinski definition) is 2. The molecule has 2 N–H and O–H groups in total. The Morgan fingerprint density at radius 2 is 1.72 bits per heavy atom. The van der Waals surface area contributed by atoms with Gasteiger partial charge >= 0.3 is 6.09 Å². The highest BCUT2D eigenvalue weighted by Crippen LogP contribution is 2.20. The Labute approximate surface area is 160 Å². The summed E-state index contributed by atoms with van der Waals surface area (Å²) in [6.07, 6.45) is -0.575. The number of nitrogens with one attached hydrogen (secondary N) is 2. The summed E-state index contributed by atoms with van der Waals surface area (Å²) in [7, 11) is 1.53. The number of benzene rings is 2. The number of carbonyl (C=O) groups is 2. The average Bonchev–Trinajstić information content (AvgIpc) is 2.58. The molecule has 0 fully saturated rings. The molecule has 25 heavy (non-hydrogen) atoms. The number of carbonyl (C=O) groups excluding carboxylic acids is 2. The van der Waals surface area contributed by atoms with Crippen LogP contribution in [0.1, 0.15) is 15.9 Å². The van der Waals surface area contributed by atoms with Gasteiger partial charge in [0.05, 0.1) is 12.2 Å². The van der Waals surface area contributed by atoms with Crippen molar-refractivity contribution >= 4 is 46.0 Å². The molecule has 0 radical (unpaired) electrons. The van der Waals surface area contributed by atoms with E-state index in [1.165, 1.54) is 7.11 Å². The molecule has 0 bridgehead atoms. The molecule has 0 unspecified atom stereocenters. The molecule has 0 saturated heterocycles. The van der Waals surface area contributed by atoms with Crippen molar-refractivity contribution in [3.8, 4) is 0 Å². The molecule has 0 aliphatic rings. The van der Waals surface area contributed by atoms with Gasteiger partial charge in [-0.05, 0) is 59.3 Å². The maximum absolute atomic E-state index is 12.5. The lowest BCUT2D eigenvalue weighted by Gasteiger charge is -2.11. The fourth-order valence-electron chi connectivity index (χ4n) is 2.07. The van der Waals surface area contributed by atoms with Gasteiger partial charge in [0.2, 0.25) is 0 Å². The lowest BCUT2D eigenvalue weighted by atomic mass is 10.1. The third-order valence-corrected chi connectivity index (χ3v) is 4.76. The number of ether oxygens (including phenoxy) is 2. The van der Waals surface area contributed by atoms with Gasteiger partial charge in [-0.1, -0.05) is 18.2 Å². The summed E-state index contributed by atoms with van der Waals surface area (Å²) >= 11 is 2.16. The standard InChI is InChI=1S/C18H19IN2O4/c1-12-5-3-8-15(16(12)19)17(22)20-13-6-4-7-14(11-13)21-18(23)25-10-9-24-2/h3-8,11H,9-10H2,1-2H3,(H,20,22)(H,21,23). The highest BCUT2D eigenvalue weighted by Gasteiger charge is 2.12. The van der Waals surface area contributed by atoms with E-state index in [1.54, 1.807) is 30.3 Å². The number of rotatable bonds is 6. The van der Waals surface area contributed by atoms with Crippen molar-refractivity contribution in [2.24, 2.45) is 0 Å². The minimum atomic E-state index is -0.575. The molecular weight excluding hydrogens is 435 g/mol. The number of methoxy groups -OCH3 is 1. The van der Waals surface area contributed by atoms with Crippen LogP contribution in [0, 0.1) is 10.5 Å². The molecule has 7 heteroatoms. The number of aryl methyl sites for hydroxylation is 1. The van der Waals surface area contributed by atoms with Crippen LogP contribution in [0.2, 0.25) is 0 Å². The van der Waals surface area contributed by atoms with E-state index in [9.17, 15) is 9.59 Å². The van der Waals surface area contributed by atoms with Gasteiger partial charge in [0.1, 0.15) is 6.61 Å². The van der Waals surface area contributed by atoms with Crippen molar-refractivity contribution < 1.29 is 19.1 Å². The van der Waals surface area contributed by atoms with Crippen LogP contribution in [0.5, 0.6) is 0 Å². The molecule has 0 heterocycles. The molecule has 6 nitrogen and oxygen atoms in total. The molecule has 2 aromatic rings. The van der Waals surface area contributed by atoms with Crippen LogP contribution in [0.4, 0.5) is 16.2 Å². The van der Waals surface area contributed by atoms with E-state index in [4.69, 9.17) is 9.47 Å². The highest BCUT2D eigenvalue weighted by molar-refractivity contribution is 14.1. The van der Waals surface area contributed by atoms with Crippen LogP contribution in [0.15, 0.2) is 42.5 Å². The molecular formula is C18H19IN2O4. The summed E-state index contributed by atoms with van der Waals surface area (Å²) in [5.41, 5.74) is 2.76. The molecule has 2 amide bonds. The van der Waals surface area contributed by atoms with E-state index in [2.05, 4.69) is 33.2 Å². The van der Waals surface area contributed by atoms with Gasteiger partial charge in [-0.2, -0.15) is 0 Å². The minimum Gasteiger partial charge on any atom is -0.447 e. The van der Waals surface area contributed by atoms with E-state index in [0.29, 0.717) is 23.5 Å². The first-order valence-electron chi connectivity index (χ1n) is 7.60. The van der Waals surface area contributed by atoms with Crippen LogP contribution >= 0.6 is 22.6 Å². The second-order valence-corrected chi connectivity index (χ2v) is 6.30. The van der Waals surface area contributed by atoms with Crippen molar-refractivity contribution in [2.75, 3.05) is 31.0 Å². The minimum absolute atomic E-state index is 0.171. The zero-order valence-corrected chi connectivity index (χ0v) is 16.1. The van der Waals surface area contributed by atoms with E-state index >= 15 is 0 Å². The highest BCUT2D eigenvalue weighted by atomic mass is 127. The largest absolute Gasteiger partial charge is 0.447 e. The maximum Gasteiger partial charge on any atom is 0.411 e. The third kappa shape index (κ3) is 5.71. The van der Waals surface area contributed by atoms with E-state index in [1.807, 2.05) is 19.1 Å². The normalized spacial score (nSPS) is 10.2. The molecule has 132 valence electrons. The topological polar surface area (TPSA) is 76.7 Å². The van der Waals surface area contributed by atoms with Crippen molar-refractivity contribution in [1.29, 1.82) is 0 Å². The summed E-state index contributed by atoms with van der Waals surface area (Å²) in [5, 5.41) is 5.44. The Hall–Kier alpha value is -2.13. The monoisotopic (exact) mass is 454 g/mol. The number of anilines is 2. The summed E-state index contributed by atoms with van der Waals surface area (Å²) in [6.45, 7) is 2.46. The van der Waals surface area contributed by atoms with Gasteiger partial charge in [-0.15, -0.1) is 0 Å². The zero-order chi connectivity index (χ0) is 18.2. The van der Waals surface area contributed by atoms with E-state index in [0.717, 1.165) is 9.13 Å². The third-order valence-electron chi connectivity index (χ3n) is 3.32. The van der Waals surface area contributed by atoms with Crippen LogP contribution in [0.25, 0.3) is 0 Å². The Balaban J connectivity index is 2.02. The molecule has 0 saturated carbocycles. The molecule has 2 rings (SSSR count). The summed E-state index contributed by atoms with van der Waals surface area (Å²) in [4.78, 5) is 24.1. The Kier molecular flexibility index (Phi) is 7.20. The van der Waals surface area contributed by atoms with Gasteiger partial charge in [-0.25, -0.2) is 4.79 Å². The lowest BCUT2D eigenvalue weighted by Crippen LogP contribution is -2.17. The SMILES string of the molecule is COCCOC(=O)Nc1cccc(NC(=O)c2cccc(C)c2I)c1. The Morgan fingerprint density at radius 3 is 2.44 bits per heavy atom. The fourth-order valence-corrected chi connectivity index (χ4v) is 2.67. The smallest absolute Gasteiger partial charge is 0.411 e. The first-order valence-corrected chi connectivity index (χ1v) is 8.68. The molecule has 0 aliphatic heterocycles. The predicted molar refractivity (Wildman–Crippen MR) is 105 cm³/mol. The number of hydrogen-bond acceptors (Lipinski definition) is 4. The van der Waals surface area contributed by atoms with Crippen LogP contribution < -0.4 is 10.6 Å².